The Hall–Kier alpha value is -2.97. The number of H-pyrrole nitrogens is 1. The highest BCUT2D eigenvalue weighted by atomic mass is 35.5. The Kier molecular flexibility index (Phi) is 14.1. The zero-order valence-corrected chi connectivity index (χ0v) is 26.3. The number of rotatable bonds is 6. The monoisotopic (exact) mass is 656 g/mol. The molecule has 43 heavy (non-hydrogen) atoms. The number of hydrogen-bond acceptors (Lipinski definition) is 4. The summed E-state index contributed by atoms with van der Waals surface area (Å²) in [6, 6.07) is 12.5. The lowest BCUT2D eigenvalue weighted by atomic mass is 9.98. The van der Waals surface area contributed by atoms with Crippen LogP contribution in [0.3, 0.4) is 0 Å². The predicted octanol–water partition coefficient (Wildman–Crippen LogP) is 9.89. The van der Waals surface area contributed by atoms with Gasteiger partial charge in [0.2, 0.25) is 0 Å². The first-order valence-corrected chi connectivity index (χ1v) is 14.6. The van der Waals surface area contributed by atoms with Crippen LogP contribution in [0.25, 0.3) is 22.2 Å². The van der Waals surface area contributed by atoms with Gasteiger partial charge in [0.05, 0.1) is 28.1 Å². The van der Waals surface area contributed by atoms with Gasteiger partial charge in [-0.25, -0.2) is 4.98 Å². The topological polar surface area (TPSA) is 78.4 Å². The molecule has 1 fully saturated rings. The van der Waals surface area contributed by atoms with E-state index < -0.39 is 18.0 Å². The number of hydrogen-bond donors (Lipinski definition) is 3. The number of ether oxygens (including phenoxy) is 1. The van der Waals surface area contributed by atoms with Gasteiger partial charge in [-0.1, -0.05) is 92.1 Å². The molecule has 3 N–H and O–H groups in total. The fraction of sp³-hybridized carbons (Fsp3) is 0.312. The first-order valence-electron chi connectivity index (χ1n) is 13.4. The number of imidazole rings is 1. The van der Waals surface area contributed by atoms with Gasteiger partial charge in [-0.05, 0) is 55.0 Å². The normalized spacial score (nSPS) is 12.9. The van der Waals surface area contributed by atoms with Crippen molar-refractivity contribution in [2.45, 2.75) is 45.9 Å². The number of fused-ring (bicyclic) bond motifs is 1. The van der Waals surface area contributed by atoms with Crippen molar-refractivity contribution in [2.24, 2.45) is 5.92 Å². The van der Waals surface area contributed by atoms with E-state index in [1.807, 2.05) is 26.8 Å². The summed E-state index contributed by atoms with van der Waals surface area (Å²) in [5.41, 5.74) is 4.84. The Balaban J connectivity index is 0.000000558. The van der Waals surface area contributed by atoms with Crippen LogP contribution in [0.15, 0.2) is 67.4 Å². The van der Waals surface area contributed by atoms with Crippen LogP contribution >= 0.6 is 34.8 Å². The number of para-hydroxylation sites is 1. The number of aliphatic hydroxyl groups excluding tert-OH is 2. The lowest BCUT2D eigenvalue weighted by Gasteiger charge is -2.15. The minimum Gasteiger partial charge on any atom is -0.405 e. The number of alkyl halides is 3. The van der Waals surface area contributed by atoms with Crippen molar-refractivity contribution in [3.63, 3.8) is 0 Å². The van der Waals surface area contributed by atoms with Gasteiger partial charge >= 0.3 is 6.36 Å². The lowest BCUT2D eigenvalue weighted by molar-refractivity contribution is -0.274. The Morgan fingerprint density at radius 1 is 1.05 bits per heavy atom. The van der Waals surface area contributed by atoms with Crippen LogP contribution < -0.4 is 4.74 Å². The highest BCUT2D eigenvalue weighted by Gasteiger charge is 2.33. The fourth-order valence-corrected chi connectivity index (χ4v) is 5.01. The molecule has 232 valence electrons. The summed E-state index contributed by atoms with van der Waals surface area (Å²) in [7, 11) is 0. The maximum atomic E-state index is 12.9. The van der Waals surface area contributed by atoms with Gasteiger partial charge in [0, 0.05) is 22.8 Å². The molecular weight excluding hydrogens is 624 g/mol. The van der Waals surface area contributed by atoms with E-state index >= 15 is 0 Å². The molecule has 1 aliphatic rings. The molecule has 0 spiro atoms. The molecule has 0 amide bonds. The number of aromatic nitrogens is 2. The quantitative estimate of drug-likeness (QED) is 0.180. The van der Waals surface area contributed by atoms with E-state index in [4.69, 9.17) is 39.9 Å². The van der Waals surface area contributed by atoms with Crippen molar-refractivity contribution < 1.29 is 28.1 Å². The van der Waals surface area contributed by atoms with Crippen molar-refractivity contribution in [1.82, 2.24) is 9.97 Å². The Morgan fingerprint density at radius 3 is 2.19 bits per heavy atom. The molecule has 11 heteroatoms. The zero-order chi connectivity index (χ0) is 32.3. The first kappa shape index (κ1) is 36.2. The van der Waals surface area contributed by atoms with Crippen LogP contribution in [0.2, 0.25) is 15.1 Å². The maximum Gasteiger partial charge on any atom is 0.573 e. The second-order valence-electron chi connectivity index (χ2n) is 9.25. The average molecular weight is 658 g/mol. The van der Waals surface area contributed by atoms with Gasteiger partial charge in [-0.15, -0.1) is 18.9 Å². The molecule has 1 unspecified atom stereocenters. The summed E-state index contributed by atoms with van der Waals surface area (Å²) in [5.74, 6) is 0.0522. The van der Waals surface area contributed by atoms with Crippen molar-refractivity contribution in [2.75, 3.05) is 13.2 Å². The van der Waals surface area contributed by atoms with Crippen LogP contribution in [0.5, 0.6) is 5.75 Å². The molecule has 0 aliphatic heterocycles. The molecule has 1 aliphatic carbocycles. The van der Waals surface area contributed by atoms with Gasteiger partial charge < -0.3 is 19.9 Å². The standard InChI is InChI=1S/C23H16Cl3F3N2O2.C4H8O.C3H4.C2H6/c1-11-6-7-12(15(24)8-11)14(10-32)22-30-17-9-16(25)19(20(26)21(17)31-22)13-4-2-3-5-18(13)33-23(27,28)29;5-3-4-1-2-4;1-3-2;1-2/h2-9,14,32H,10H2,1H3,(H,30,31);4-5H,1-3H2;1-2H2;1-2H3. The van der Waals surface area contributed by atoms with Gasteiger partial charge in [0.15, 0.2) is 0 Å². The van der Waals surface area contributed by atoms with Crippen molar-refractivity contribution in [1.29, 1.82) is 0 Å². The highest BCUT2D eigenvalue weighted by Crippen LogP contribution is 2.44. The van der Waals surface area contributed by atoms with E-state index in [1.165, 1.54) is 37.1 Å². The number of nitrogens with one attached hydrogen (secondary N) is 1. The van der Waals surface area contributed by atoms with Crippen LogP contribution in [0, 0.1) is 12.8 Å². The smallest absolute Gasteiger partial charge is 0.405 e. The first-order chi connectivity index (χ1) is 20.4. The molecule has 4 aromatic rings. The minimum absolute atomic E-state index is 0.0462. The molecule has 5 nitrogen and oxygen atoms in total. The van der Waals surface area contributed by atoms with Crippen molar-refractivity contribution in [3.05, 3.63) is 99.4 Å². The van der Waals surface area contributed by atoms with Crippen LogP contribution in [0.4, 0.5) is 13.2 Å². The second-order valence-corrected chi connectivity index (χ2v) is 10.4. The molecule has 0 bridgehead atoms. The third-order valence-electron chi connectivity index (χ3n) is 6.07. The van der Waals surface area contributed by atoms with Gasteiger partial charge in [0.25, 0.3) is 0 Å². The molecular formula is C32H34Cl3F3N2O3. The van der Waals surface area contributed by atoms with Crippen molar-refractivity contribution >= 4 is 45.8 Å². The maximum absolute atomic E-state index is 12.9. The molecule has 0 saturated heterocycles. The summed E-state index contributed by atoms with van der Waals surface area (Å²) in [6.45, 7) is 12.3. The Bertz CT molecular complexity index is 1530. The fourth-order valence-electron chi connectivity index (χ4n) is 3.95. The van der Waals surface area contributed by atoms with Gasteiger partial charge in [0.1, 0.15) is 17.1 Å². The molecule has 5 rings (SSSR count). The van der Waals surface area contributed by atoms with E-state index in [0.717, 1.165) is 5.56 Å². The van der Waals surface area contributed by atoms with Crippen LogP contribution in [-0.4, -0.2) is 39.8 Å². The Labute approximate surface area is 264 Å². The number of benzene rings is 3. The molecule has 0 radical (unpaired) electrons. The summed E-state index contributed by atoms with van der Waals surface area (Å²) >= 11 is 19.4. The van der Waals surface area contributed by atoms with Crippen LogP contribution in [0.1, 0.15) is 49.6 Å². The minimum atomic E-state index is -4.89. The van der Waals surface area contributed by atoms with E-state index in [1.54, 1.807) is 18.2 Å². The molecule has 3 aromatic carbocycles. The lowest BCUT2D eigenvalue weighted by Crippen LogP contribution is -2.17. The van der Waals surface area contributed by atoms with Gasteiger partial charge in [-0.2, -0.15) is 0 Å². The molecule has 1 heterocycles. The number of halogens is 6. The number of aryl methyl sites for hydroxylation is 1. The average Bonchev–Trinajstić information content (AvgIpc) is 3.71. The van der Waals surface area contributed by atoms with E-state index in [-0.39, 0.29) is 33.3 Å². The second kappa shape index (κ2) is 16.8. The summed E-state index contributed by atoms with van der Waals surface area (Å²) in [5, 5.41) is 18.9. The number of nitrogens with zero attached hydrogens (tertiary/aromatic N) is 1. The number of aliphatic hydroxyl groups is 2. The largest absolute Gasteiger partial charge is 0.573 e. The van der Waals surface area contributed by atoms with Crippen molar-refractivity contribution in [3.8, 4) is 16.9 Å². The third-order valence-corrected chi connectivity index (χ3v) is 7.06. The molecule has 1 saturated carbocycles. The van der Waals surface area contributed by atoms with E-state index in [9.17, 15) is 18.3 Å². The number of aromatic amines is 1. The Morgan fingerprint density at radius 2 is 1.67 bits per heavy atom. The van der Waals surface area contributed by atoms with Gasteiger partial charge in [-0.3, -0.25) is 0 Å². The summed E-state index contributed by atoms with van der Waals surface area (Å²) in [4.78, 5) is 7.62. The summed E-state index contributed by atoms with van der Waals surface area (Å²) < 4.78 is 42.9. The predicted molar refractivity (Wildman–Crippen MR) is 169 cm³/mol. The van der Waals surface area contributed by atoms with E-state index in [2.05, 4.69) is 33.6 Å². The molecule has 1 aromatic heterocycles. The summed E-state index contributed by atoms with van der Waals surface area (Å²) in [6.07, 6.45) is -2.37. The highest BCUT2D eigenvalue weighted by molar-refractivity contribution is 6.42. The SMILES string of the molecule is C=C=C.CC.Cc1ccc(C(CO)c2nc3c(Cl)c(-c4ccccc4OC(F)(F)F)c(Cl)cc3[nH]2)c(Cl)c1.OCC1CC1. The zero-order valence-electron chi connectivity index (χ0n) is 24.0. The van der Waals surface area contributed by atoms with E-state index in [0.29, 0.717) is 34.5 Å². The van der Waals surface area contributed by atoms with Crippen LogP contribution in [-0.2, 0) is 0 Å². The third kappa shape index (κ3) is 10.0. The molecule has 1 atom stereocenters.